The van der Waals surface area contributed by atoms with E-state index in [1.54, 1.807) is 0 Å². The largest absolute Gasteiger partial charge is 0.495 e. The average Bonchev–Trinajstić information content (AvgIpc) is 2.01. The maximum absolute atomic E-state index is 12.3. The zero-order valence-electron chi connectivity index (χ0n) is 7.33. The molecule has 0 saturated heterocycles. The topological polar surface area (TPSA) is 43.4 Å². The van der Waals surface area contributed by atoms with Gasteiger partial charge in [0, 0.05) is 0 Å². The lowest BCUT2D eigenvalue weighted by Gasteiger charge is -2.03. The number of benzene rings is 1. The van der Waals surface area contributed by atoms with Gasteiger partial charge in [0.15, 0.2) is 0 Å². The Balaban J connectivity index is 2.98. The summed E-state index contributed by atoms with van der Waals surface area (Å²) in [6.07, 6.45) is 0. The molecule has 0 aliphatic rings. The molecule has 0 fully saturated rings. The van der Waals surface area contributed by atoms with E-state index in [1.165, 1.54) is 25.3 Å². The number of hydrogen-bond acceptors (Lipinski definition) is 3. The second-order valence-corrected chi connectivity index (χ2v) is 4.43. The van der Waals surface area contributed by atoms with Crippen LogP contribution in [0.5, 0.6) is 5.75 Å². The van der Waals surface area contributed by atoms with Crippen molar-refractivity contribution in [2.45, 2.75) is 5.75 Å². The molecule has 0 unspecified atom stereocenters. The Kier molecular flexibility index (Phi) is 3.34. The van der Waals surface area contributed by atoms with Crippen molar-refractivity contribution >= 4 is 21.8 Å². The van der Waals surface area contributed by atoms with Crippen molar-refractivity contribution in [1.29, 1.82) is 0 Å². The predicted octanol–water partition coefficient (Wildman–Crippen LogP) is 2.15. The minimum Gasteiger partial charge on any atom is -0.495 e. The summed E-state index contributed by atoms with van der Waals surface area (Å²) in [7, 11) is -3.08. The van der Waals surface area contributed by atoms with Crippen LogP contribution in [0.4, 0.5) is 3.89 Å². The molecule has 1 rings (SSSR count). The molecule has 14 heavy (non-hydrogen) atoms. The summed E-state index contributed by atoms with van der Waals surface area (Å²) < 4.78 is 37.8. The lowest BCUT2D eigenvalue weighted by Crippen LogP contribution is -1.96. The molecule has 1 aromatic carbocycles. The highest BCUT2D eigenvalue weighted by atomic mass is 35.5. The monoisotopic (exact) mass is 238 g/mol. The van der Waals surface area contributed by atoms with E-state index in [2.05, 4.69) is 0 Å². The Morgan fingerprint density at radius 1 is 1.50 bits per heavy atom. The van der Waals surface area contributed by atoms with E-state index < -0.39 is 16.0 Å². The summed E-state index contributed by atoms with van der Waals surface area (Å²) in [4.78, 5) is 0. The number of halogens is 2. The number of methoxy groups -OCH3 is 1. The van der Waals surface area contributed by atoms with Crippen LogP contribution in [0.2, 0.25) is 5.02 Å². The van der Waals surface area contributed by atoms with Gasteiger partial charge in [-0.05, 0) is 17.7 Å². The summed E-state index contributed by atoms with van der Waals surface area (Å²) in [6.45, 7) is 0. The zero-order chi connectivity index (χ0) is 10.8. The number of ether oxygens (including phenoxy) is 1. The first-order valence-electron chi connectivity index (χ1n) is 3.67. The zero-order valence-corrected chi connectivity index (χ0v) is 8.90. The third-order valence-corrected chi connectivity index (χ3v) is 2.53. The van der Waals surface area contributed by atoms with Crippen molar-refractivity contribution in [3.05, 3.63) is 28.8 Å². The predicted molar refractivity (Wildman–Crippen MR) is 51.7 cm³/mol. The first-order valence-corrected chi connectivity index (χ1v) is 5.60. The highest BCUT2D eigenvalue weighted by molar-refractivity contribution is 7.85. The molecule has 0 spiro atoms. The van der Waals surface area contributed by atoms with Gasteiger partial charge in [-0.15, -0.1) is 3.89 Å². The summed E-state index contributed by atoms with van der Waals surface area (Å²) >= 11 is 5.72. The van der Waals surface area contributed by atoms with E-state index in [0.29, 0.717) is 11.3 Å². The van der Waals surface area contributed by atoms with Crippen molar-refractivity contribution in [2.24, 2.45) is 0 Å². The Morgan fingerprint density at radius 3 is 2.57 bits per heavy atom. The maximum atomic E-state index is 12.3. The third kappa shape index (κ3) is 3.16. The molecule has 0 N–H and O–H groups in total. The Morgan fingerprint density at radius 2 is 2.14 bits per heavy atom. The summed E-state index contributed by atoms with van der Waals surface area (Å²) in [6, 6.07) is 4.29. The van der Waals surface area contributed by atoms with Crippen LogP contribution >= 0.6 is 11.6 Å². The van der Waals surface area contributed by atoms with E-state index in [0.717, 1.165) is 0 Å². The molecule has 0 radical (unpaired) electrons. The fraction of sp³-hybridized carbons (Fsp3) is 0.250. The standard InChI is InChI=1S/C8H8ClFO3S/c1-13-8-3-2-6(4-7(8)9)5-14(10,11)12/h2-4H,5H2,1H3. The molecule has 1 aromatic rings. The molecular weight excluding hydrogens is 231 g/mol. The summed E-state index contributed by atoms with van der Waals surface area (Å²) in [5, 5.41) is 0.258. The van der Waals surface area contributed by atoms with Gasteiger partial charge >= 0.3 is 10.2 Å². The van der Waals surface area contributed by atoms with E-state index in [-0.39, 0.29) is 5.02 Å². The Bertz CT molecular complexity index is 430. The van der Waals surface area contributed by atoms with Gasteiger partial charge in [0.25, 0.3) is 0 Å². The van der Waals surface area contributed by atoms with Gasteiger partial charge in [-0.1, -0.05) is 17.7 Å². The molecule has 0 heterocycles. The van der Waals surface area contributed by atoms with Gasteiger partial charge in [0.2, 0.25) is 0 Å². The molecule has 78 valence electrons. The highest BCUT2D eigenvalue weighted by Crippen LogP contribution is 2.25. The normalized spacial score (nSPS) is 11.4. The quantitative estimate of drug-likeness (QED) is 0.758. The fourth-order valence-corrected chi connectivity index (χ4v) is 1.86. The van der Waals surface area contributed by atoms with E-state index >= 15 is 0 Å². The van der Waals surface area contributed by atoms with Crippen molar-refractivity contribution in [2.75, 3.05) is 7.11 Å². The summed E-state index contributed by atoms with van der Waals surface area (Å²) in [5.74, 6) is -0.247. The van der Waals surface area contributed by atoms with Crippen LogP contribution in [0.15, 0.2) is 18.2 Å². The van der Waals surface area contributed by atoms with Crippen molar-refractivity contribution in [1.82, 2.24) is 0 Å². The minimum atomic E-state index is -4.51. The third-order valence-electron chi connectivity index (χ3n) is 1.56. The first kappa shape index (κ1) is 11.3. The van der Waals surface area contributed by atoms with Crippen molar-refractivity contribution in [3.8, 4) is 5.75 Å². The van der Waals surface area contributed by atoms with Gasteiger partial charge in [0.1, 0.15) is 11.5 Å². The van der Waals surface area contributed by atoms with Gasteiger partial charge in [-0.25, -0.2) is 0 Å². The van der Waals surface area contributed by atoms with Gasteiger partial charge in [-0.3, -0.25) is 0 Å². The van der Waals surface area contributed by atoms with Crippen LogP contribution in [0.1, 0.15) is 5.56 Å². The second-order valence-electron chi connectivity index (χ2n) is 2.65. The molecule has 0 saturated carbocycles. The Labute approximate surface area is 86.7 Å². The lowest BCUT2D eigenvalue weighted by atomic mass is 10.2. The SMILES string of the molecule is COc1ccc(CS(=O)(=O)F)cc1Cl. The van der Waals surface area contributed by atoms with Crippen LogP contribution in [-0.4, -0.2) is 15.5 Å². The smallest absolute Gasteiger partial charge is 0.306 e. The Hall–Kier alpha value is -0.810. The molecule has 0 amide bonds. The van der Waals surface area contributed by atoms with E-state index in [9.17, 15) is 12.3 Å². The molecule has 0 aliphatic heterocycles. The molecular formula is C8H8ClFO3S. The molecule has 6 heteroatoms. The molecule has 0 bridgehead atoms. The number of rotatable bonds is 3. The van der Waals surface area contributed by atoms with Crippen molar-refractivity contribution < 1.29 is 17.0 Å². The van der Waals surface area contributed by atoms with E-state index in [4.69, 9.17) is 16.3 Å². The average molecular weight is 239 g/mol. The lowest BCUT2D eigenvalue weighted by molar-refractivity contribution is 0.415. The first-order chi connectivity index (χ1) is 6.42. The number of hydrogen-bond donors (Lipinski definition) is 0. The van der Waals surface area contributed by atoms with Crippen molar-refractivity contribution in [3.63, 3.8) is 0 Å². The van der Waals surface area contributed by atoms with Gasteiger partial charge < -0.3 is 4.74 Å². The van der Waals surface area contributed by atoms with Crippen LogP contribution in [-0.2, 0) is 16.0 Å². The molecule has 0 aromatic heterocycles. The minimum absolute atomic E-state index is 0.258. The summed E-state index contributed by atoms with van der Waals surface area (Å²) in [5.41, 5.74) is 0.290. The molecule has 0 atom stereocenters. The van der Waals surface area contributed by atoms with Crippen LogP contribution in [0.25, 0.3) is 0 Å². The van der Waals surface area contributed by atoms with Gasteiger partial charge in [0.05, 0.1) is 12.1 Å². The molecule has 0 aliphatic carbocycles. The highest BCUT2D eigenvalue weighted by Gasteiger charge is 2.10. The van der Waals surface area contributed by atoms with E-state index in [1.807, 2.05) is 0 Å². The van der Waals surface area contributed by atoms with Crippen LogP contribution in [0, 0.1) is 0 Å². The second kappa shape index (κ2) is 4.14. The molecule has 3 nitrogen and oxygen atoms in total. The van der Waals surface area contributed by atoms with Gasteiger partial charge in [-0.2, -0.15) is 8.42 Å². The fourth-order valence-electron chi connectivity index (χ4n) is 0.999. The maximum Gasteiger partial charge on any atom is 0.306 e. The van der Waals surface area contributed by atoms with Crippen LogP contribution in [0.3, 0.4) is 0 Å². The van der Waals surface area contributed by atoms with Crippen LogP contribution < -0.4 is 4.74 Å².